The van der Waals surface area contributed by atoms with Crippen molar-refractivity contribution in [2.24, 2.45) is 22.6 Å². The summed E-state index contributed by atoms with van der Waals surface area (Å²) >= 11 is 0. The van der Waals surface area contributed by atoms with Crippen molar-refractivity contribution in [3.05, 3.63) is 0 Å². The van der Waals surface area contributed by atoms with Gasteiger partial charge in [-0.05, 0) is 31.1 Å². The summed E-state index contributed by atoms with van der Waals surface area (Å²) in [6, 6.07) is 0. The number of hydrogen-bond donors (Lipinski definition) is 2. The Kier molecular flexibility index (Phi) is 2.89. The summed E-state index contributed by atoms with van der Waals surface area (Å²) in [5, 5.41) is 3.40. The van der Waals surface area contributed by atoms with E-state index in [2.05, 4.69) is 24.2 Å². The molecule has 0 aromatic rings. The molecule has 2 atom stereocenters. The van der Waals surface area contributed by atoms with Gasteiger partial charge in [0.2, 0.25) is 0 Å². The van der Waals surface area contributed by atoms with E-state index in [0.717, 1.165) is 18.4 Å². The molecule has 3 heteroatoms. The van der Waals surface area contributed by atoms with Crippen LogP contribution in [-0.2, 0) is 0 Å². The predicted molar refractivity (Wildman–Crippen MR) is 63.8 cm³/mol. The monoisotopic (exact) mass is 209 g/mol. The van der Waals surface area contributed by atoms with Crippen molar-refractivity contribution < 1.29 is 0 Å². The molecule has 15 heavy (non-hydrogen) atoms. The van der Waals surface area contributed by atoms with E-state index in [1.807, 2.05) is 0 Å². The van der Waals surface area contributed by atoms with Crippen LogP contribution in [0, 0.1) is 11.8 Å². The van der Waals surface area contributed by atoms with Gasteiger partial charge in [-0.2, -0.15) is 0 Å². The molecule has 1 saturated carbocycles. The van der Waals surface area contributed by atoms with Gasteiger partial charge in [-0.15, -0.1) is 0 Å². The molecule has 0 saturated heterocycles. The molecule has 1 spiro atoms. The minimum atomic E-state index is 0.216. The van der Waals surface area contributed by atoms with E-state index in [0.29, 0.717) is 5.96 Å². The van der Waals surface area contributed by atoms with Crippen LogP contribution in [-0.4, -0.2) is 18.0 Å². The molecule has 3 nitrogen and oxygen atoms in total. The average Bonchev–Trinajstić information content (AvgIpc) is 2.43. The third-order valence-electron chi connectivity index (χ3n) is 4.11. The number of nitrogens with two attached hydrogens (primary N) is 1. The number of aliphatic imine (C=N–C) groups is 1. The zero-order valence-corrected chi connectivity index (χ0v) is 9.92. The predicted octanol–water partition coefficient (Wildman–Crippen LogP) is 1.88. The normalized spacial score (nSPS) is 36.5. The summed E-state index contributed by atoms with van der Waals surface area (Å²) in [5.41, 5.74) is 5.94. The fourth-order valence-corrected chi connectivity index (χ4v) is 2.97. The van der Waals surface area contributed by atoms with Crippen LogP contribution in [0.2, 0.25) is 0 Å². The molecular formula is C12H23N3. The third kappa shape index (κ3) is 2.27. The van der Waals surface area contributed by atoms with E-state index in [1.54, 1.807) is 0 Å². The van der Waals surface area contributed by atoms with E-state index in [9.17, 15) is 0 Å². The summed E-state index contributed by atoms with van der Waals surface area (Å²) in [6.45, 7) is 5.58. The molecule has 0 amide bonds. The van der Waals surface area contributed by atoms with Crippen molar-refractivity contribution in [1.82, 2.24) is 5.32 Å². The van der Waals surface area contributed by atoms with Gasteiger partial charge in [0.25, 0.3) is 0 Å². The molecule has 1 aliphatic heterocycles. The first kappa shape index (κ1) is 10.8. The lowest BCUT2D eigenvalue weighted by molar-refractivity contribution is 0.319. The Morgan fingerprint density at radius 2 is 2.20 bits per heavy atom. The van der Waals surface area contributed by atoms with Gasteiger partial charge in [0.15, 0.2) is 5.96 Å². The third-order valence-corrected chi connectivity index (χ3v) is 4.11. The Labute approximate surface area is 92.5 Å². The van der Waals surface area contributed by atoms with E-state index in [1.165, 1.54) is 32.1 Å². The number of hydrogen-bond acceptors (Lipinski definition) is 3. The van der Waals surface area contributed by atoms with Crippen LogP contribution in [0.15, 0.2) is 4.99 Å². The highest BCUT2D eigenvalue weighted by Gasteiger charge is 2.36. The van der Waals surface area contributed by atoms with Crippen LogP contribution >= 0.6 is 0 Å². The largest absolute Gasteiger partial charge is 0.370 e. The Hall–Kier alpha value is -0.730. The van der Waals surface area contributed by atoms with Gasteiger partial charge in [0.1, 0.15) is 0 Å². The Morgan fingerprint density at radius 3 is 2.80 bits per heavy atom. The van der Waals surface area contributed by atoms with Crippen LogP contribution in [0.5, 0.6) is 0 Å². The fraction of sp³-hybridized carbons (Fsp3) is 0.917. The van der Waals surface area contributed by atoms with Crippen molar-refractivity contribution in [3.63, 3.8) is 0 Å². The molecule has 1 heterocycles. The van der Waals surface area contributed by atoms with Gasteiger partial charge < -0.3 is 11.1 Å². The molecule has 0 bridgehead atoms. The van der Waals surface area contributed by atoms with E-state index in [4.69, 9.17) is 5.73 Å². The molecule has 3 N–H and O–H groups in total. The standard InChI is InChI=1S/C12H23N3/c1-9(2)10-4-3-6-12(7-5-10)8-14-11(13)15-12/h9-10H,3-8H2,1-2H3,(H3,13,14,15). The van der Waals surface area contributed by atoms with Gasteiger partial charge in [-0.25, -0.2) is 0 Å². The zero-order valence-electron chi connectivity index (χ0n) is 9.92. The molecular weight excluding hydrogens is 186 g/mol. The molecule has 2 rings (SSSR count). The minimum Gasteiger partial charge on any atom is -0.370 e. The van der Waals surface area contributed by atoms with Crippen molar-refractivity contribution >= 4 is 5.96 Å². The summed E-state index contributed by atoms with van der Waals surface area (Å²) < 4.78 is 0. The molecule has 86 valence electrons. The highest BCUT2D eigenvalue weighted by molar-refractivity contribution is 5.80. The van der Waals surface area contributed by atoms with Crippen LogP contribution < -0.4 is 11.1 Å². The summed E-state index contributed by atoms with van der Waals surface area (Å²) in [6.07, 6.45) is 6.49. The van der Waals surface area contributed by atoms with Gasteiger partial charge >= 0.3 is 0 Å². The number of guanidine groups is 1. The van der Waals surface area contributed by atoms with Crippen molar-refractivity contribution in [3.8, 4) is 0 Å². The van der Waals surface area contributed by atoms with Crippen LogP contribution in [0.1, 0.15) is 46.0 Å². The number of rotatable bonds is 1. The van der Waals surface area contributed by atoms with Crippen molar-refractivity contribution in [1.29, 1.82) is 0 Å². The van der Waals surface area contributed by atoms with Crippen LogP contribution in [0.4, 0.5) is 0 Å². The van der Waals surface area contributed by atoms with E-state index < -0.39 is 0 Å². The van der Waals surface area contributed by atoms with Crippen molar-refractivity contribution in [2.75, 3.05) is 6.54 Å². The molecule has 1 fully saturated rings. The van der Waals surface area contributed by atoms with Gasteiger partial charge in [0.05, 0.1) is 12.1 Å². The maximum Gasteiger partial charge on any atom is 0.189 e. The molecule has 2 aliphatic rings. The minimum absolute atomic E-state index is 0.216. The quantitative estimate of drug-likeness (QED) is 0.693. The highest BCUT2D eigenvalue weighted by atomic mass is 15.2. The average molecular weight is 209 g/mol. The van der Waals surface area contributed by atoms with Gasteiger partial charge in [0, 0.05) is 0 Å². The first-order valence-corrected chi connectivity index (χ1v) is 6.19. The number of nitrogens with one attached hydrogen (secondary N) is 1. The second-order valence-corrected chi connectivity index (χ2v) is 5.54. The second kappa shape index (κ2) is 4.03. The van der Waals surface area contributed by atoms with E-state index >= 15 is 0 Å². The lowest BCUT2D eigenvalue weighted by Crippen LogP contribution is -2.47. The van der Waals surface area contributed by atoms with Gasteiger partial charge in [-0.1, -0.05) is 26.7 Å². The Morgan fingerprint density at radius 1 is 1.40 bits per heavy atom. The summed E-state index contributed by atoms with van der Waals surface area (Å²) in [5.74, 6) is 2.37. The number of nitrogens with zero attached hydrogens (tertiary/aromatic N) is 1. The lowest BCUT2D eigenvalue weighted by Gasteiger charge is -2.28. The Balaban J connectivity index is 1.96. The fourth-order valence-electron chi connectivity index (χ4n) is 2.97. The molecule has 0 aromatic heterocycles. The lowest BCUT2D eigenvalue weighted by atomic mass is 9.87. The first-order chi connectivity index (χ1) is 7.11. The highest BCUT2D eigenvalue weighted by Crippen LogP contribution is 2.35. The summed E-state index contributed by atoms with van der Waals surface area (Å²) in [7, 11) is 0. The maximum absolute atomic E-state index is 5.72. The zero-order chi connectivity index (χ0) is 10.9. The van der Waals surface area contributed by atoms with Crippen LogP contribution in [0.25, 0.3) is 0 Å². The van der Waals surface area contributed by atoms with Crippen LogP contribution in [0.3, 0.4) is 0 Å². The van der Waals surface area contributed by atoms with E-state index in [-0.39, 0.29) is 5.54 Å². The maximum atomic E-state index is 5.72. The summed E-state index contributed by atoms with van der Waals surface area (Å²) in [4.78, 5) is 4.31. The first-order valence-electron chi connectivity index (χ1n) is 6.19. The van der Waals surface area contributed by atoms with Gasteiger partial charge in [-0.3, -0.25) is 4.99 Å². The molecule has 0 radical (unpaired) electrons. The second-order valence-electron chi connectivity index (χ2n) is 5.54. The topological polar surface area (TPSA) is 50.4 Å². The molecule has 0 aromatic carbocycles. The Bertz CT molecular complexity index is 260. The molecule has 2 unspecified atom stereocenters. The molecule has 1 aliphatic carbocycles. The SMILES string of the molecule is CC(C)C1CCCC2(CC1)CN=C(N)N2. The van der Waals surface area contributed by atoms with Crippen molar-refractivity contribution in [2.45, 2.75) is 51.5 Å². The smallest absolute Gasteiger partial charge is 0.189 e.